The lowest BCUT2D eigenvalue weighted by Crippen LogP contribution is -2.06. The number of hydrogen-bond donors (Lipinski definition) is 0. The van der Waals surface area contributed by atoms with Crippen LogP contribution < -0.4 is 4.74 Å². The first-order chi connectivity index (χ1) is 7.52. The minimum atomic E-state index is -0.543. The second-order valence-electron chi connectivity index (χ2n) is 3.07. The molecule has 0 unspecified atom stereocenters. The molecule has 0 fully saturated rings. The van der Waals surface area contributed by atoms with Gasteiger partial charge in [0.1, 0.15) is 5.75 Å². The van der Waals surface area contributed by atoms with Gasteiger partial charge in [0.25, 0.3) is 0 Å². The van der Waals surface area contributed by atoms with Crippen LogP contribution >= 0.6 is 34.2 Å². The molecule has 1 aromatic carbocycles. The van der Waals surface area contributed by atoms with Crippen LogP contribution in [0.4, 0.5) is 4.39 Å². The summed E-state index contributed by atoms with van der Waals surface area (Å²) in [7, 11) is 0. The van der Waals surface area contributed by atoms with Gasteiger partial charge in [0.15, 0.2) is 11.6 Å². The molecule has 0 radical (unpaired) electrons. The van der Waals surface area contributed by atoms with Gasteiger partial charge < -0.3 is 4.74 Å². The van der Waals surface area contributed by atoms with Crippen LogP contribution in [-0.2, 0) is 0 Å². The summed E-state index contributed by atoms with van der Waals surface area (Å²) in [5.74, 6) is -0.363. The first-order valence-electron chi connectivity index (χ1n) is 4.86. The Kier molecular flexibility index (Phi) is 4.98. The van der Waals surface area contributed by atoms with Crippen molar-refractivity contribution in [2.24, 2.45) is 0 Å². The van der Waals surface area contributed by atoms with E-state index in [1.807, 2.05) is 0 Å². The molecule has 2 nitrogen and oxygen atoms in total. The van der Waals surface area contributed by atoms with Gasteiger partial charge in [-0.25, -0.2) is 4.39 Å². The number of ketones is 1. The van der Waals surface area contributed by atoms with Crippen LogP contribution in [0.15, 0.2) is 6.07 Å². The minimum absolute atomic E-state index is 0.0512. The summed E-state index contributed by atoms with van der Waals surface area (Å²) in [6.45, 7) is 3.89. The van der Waals surface area contributed by atoms with E-state index in [0.29, 0.717) is 18.6 Å². The monoisotopic (exact) mass is 356 g/mol. The maximum Gasteiger partial charge on any atom is 0.166 e. The van der Waals surface area contributed by atoms with Crippen molar-refractivity contribution in [2.75, 3.05) is 6.61 Å². The van der Waals surface area contributed by atoms with Gasteiger partial charge in [-0.1, -0.05) is 18.5 Å². The molecule has 0 saturated carbocycles. The molecule has 0 N–H and O–H groups in total. The van der Waals surface area contributed by atoms with Crippen molar-refractivity contribution >= 4 is 40.0 Å². The highest BCUT2D eigenvalue weighted by atomic mass is 127. The van der Waals surface area contributed by atoms with Crippen LogP contribution in [0.2, 0.25) is 5.02 Å². The lowest BCUT2D eigenvalue weighted by atomic mass is 10.1. The predicted octanol–water partition coefficient (Wildman–Crippen LogP) is 4.08. The van der Waals surface area contributed by atoms with E-state index in [4.69, 9.17) is 16.3 Å². The molecule has 5 heteroatoms. The number of halogens is 3. The second kappa shape index (κ2) is 5.82. The van der Waals surface area contributed by atoms with Crippen LogP contribution in [0.25, 0.3) is 0 Å². The molecule has 1 rings (SSSR count). The van der Waals surface area contributed by atoms with Crippen molar-refractivity contribution < 1.29 is 13.9 Å². The highest BCUT2D eigenvalue weighted by molar-refractivity contribution is 14.1. The number of hydrogen-bond acceptors (Lipinski definition) is 2. The molecule has 0 amide bonds. The summed E-state index contributed by atoms with van der Waals surface area (Å²) in [6, 6.07) is 1.33. The summed E-state index contributed by atoms with van der Waals surface area (Å²) in [5, 5.41) is -0.0512. The third kappa shape index (κ3) is 2.66. The fraction of sp³-hybridized carbons (Fsp3) is 0.364. The summed E-state index contributed by atoms with van der Waals surface area (Å²) < 4.78 is 19.1. The quantitative estimate of drug-likeness (QED) is 0.462. The Morgan fingerprint density at radius 1 is 1.56 bits per heavy atom. The van der Waals surface area contributed by atoms with Crippen LogP contribution in [0.3, 0.4) is 0 Å². The Hall–Kier alpha value is -0.360. The topological polar surface area (TPSA) is 26.3 Å². The van der Waals surface area contributed by atoms with Crippen LogP contribution in [-0.4, -0.2) is 12.4 Å². The Labute approximate surface area is 112 Å². The van der Waals surface area contributed by atoms with Gasteiger partial charge in [-0.3, -0.25) is 4.79 Å². The second-order valence-corrected chi connectivity index (χ2v) is 4.56. The fourth-order valence-corrected chi connectivity index (χ4v) is 2.36. The van der Waals surface area contributed by atoms with E-state index in [0.717, 1.165) is 0 Å². The Morgan fingerprint density at radius 2 is 2.19 bits per heavy atom. The molecule has 0 aliphatic rings. The zero-order valence-corrected chi connectivity index (χ0v) is 11.9. The summed E-state index contributed by atoms with van der Waals surface area (Å²) >= 11 is 7.50. The van der Waals surface area contributed by atoms with Crippen molar-refractivity contribution in [3.63, 3.8) is 0 Å². The Bertz CT molecular complexity index is 421. The zero-order valence-electron chi connectivity index (χ0n) is 8.94. The third-order valence-corrected chi connectivity index (χ3v) is 3.27. The predicted molar refractivity (Wildman–Crippen MR) is 69.9 cm³/mol. The zero-order chi connectivity index (χ0) is 12.3. The maximum atomic E-state index is 13.5. The maximum absolute atomic E-state index is 13.5. The largest absolute Gasteiger partial charge is 0.492 e. The van der Waals surface area contributed by atoms with Gasteiger partial charge in [-0.15, -0.1) is 0 Å². The van der Waals surface area contributed by atoms with Gasteiger partial charge in [0.2, 0.25) is 0 Å². The van der Waals surface area contributed by atoms with Crippen LogP contribution in [0.5, 0.6) is 5.75 Å². The first-order valence-corrected chi connectivity index (χ1v) is 6.32. The van der Waals surface area contributed by atoms with Crippen molar-refractivity contribution in [3.8, 4) is 5.75 Å². The Morgan fingerprint density at radius 3 is 2.69 bits per heavy atom. The summed E-state index contributed by atoms with van der Waals surface area (Å²) in [4.78, 5) is 11.7. The van der Waals surface area contributed by atoms with Crippen LogP contribution in [0.1, 0.15) is 30.6 Å². The number of Topliss-reactive ketones (excluding diaryl/α,β-unsaturated/α-hetero) is 1. The molecule has 0 aromatic heterocycles. The smallest absolute Gasteiger partial charge is 0.166 e. The van der Waals surface area contributed by atoms with Crippen molar-refractivity contribution in [2.45, 2.75) is 20.3 Å². The molecule has 0 spiro atoms. The van der Waals surface area contributed by atoms with E-state index in [9.17, 15) is 9.18 Å². The normalized spacial score (nSPS) is 10.3. The lowest BCUT2D eigenvalue weighted by molar-refractivity contribution is 0.0984. The van der Waals surface area contributed by atoms with Crippen LogP contribution in [0, 0.1) is 9.39 Å². The minimum Gasteiger partial charge on any atom is -0.492 e. The highest BCUT2D eigenvalue weighted by Gasteiger charge is 2.20. The van der Waals surface area contributed by atoms with Crippen molar-refractivity contribution in [1.82, 2.24) is 0 Å². The van der Waals surface area contributed by atoms with E-state index in [1.54, 1.807) is 36.4 Å². The standard InChI is InChI=1S/C11H11ClFIO2/c1-3-8(15)6-5-7(12)9(13)10(14)11(6)16-4-2/h5H,3-4H2,1-2H3. The molecule has 0 atom stereocenters. The van der Waals surface area contributed by atoms with Gasteiger partial charge in [0.05, 0.1) is 20.8 Å². The number of benzene rings is 1. The fourth-order valence-electron chi connectivity index (χ4n) is 1.26. The Balaban J connectivity index is 3.40. The molecule has 0 bridgehead atoms. The van der Waals surface area contributed by atoms with E-state index >= 15 is 0 Å². The lowest BCUT2D eigenvalue weighted by Gasteiger charge is -2.12. The molecule has 0 aliphatic carbocycles. The van der Waals surface area contributed by atoms with Crippen molar-refractivity contribution in [1.29, 1.82) is 0 Å². The van der Waals surface area contributed by atoms with Gasteiger partial charge in [-0.05, 0) is 35.6 Å². The molecule has 0 aliphatic heterocycles. The summed E-state index contributed by atoms with van der Waals surface area (Å²) in [5.41, 5.74) is 0.347. The van der Waals surface area contributed by atoms with Crippen molar-refractivity contribution in [3.05, 3.63) is 26.0 Å². The molecule has 1 aromatic rings. The van der Waals surface area contributed by atoms with E-state index in [-0.39, 0.29) is 20.1 Å². The van der Waals surface area contributed by atoms with E-state index in [2.05, 4.69) is 0 Å². The number of rotatable bonds is 4. The molecule has 88 valence electrons. The molecule has 0 heterocycles. The molecular formula is C11H11ClFIO2. The third-order valence-electron chi connectivity index (χ3n) is 2.03. The number of carbonyl (C=O) groups is 1. The number of ether oxygens (including phenoxy) is 1. The highest BCUT2D eigenvalue weighted by Crippen LogP contribution is 2.33. The van der Waals surface area contributed by atoms with Gasteiger partial charge >= 0.3 is 0 Å². The first kappa shape index (κ1) is 13.7. The van der Waals surface area contributed by atoms with Gasteiger partial charge in [-0.2, -0.15) is 0 Å². The summed E-state index contributed by atoms with van der Waals surface area (Å²) in [6.07, 6.45) is 0.331. The number of carbonyl (C=O) groups excluding carboxylic acids is 1. The average molecular weight is 357 g/mol. The SMILES string of the molecule is CCOc1c(C(=O)CC)cc(Cl)c(F)c1I. The molecule has 16 heavy (non-hydrogen) atoms. The van der Waals surface area contributed by atoms with E-state index in [1.165, 1.54) is 6.07 Å². The molecular weight excluding hydrogens is 345 g/mol. The molecule has 0 saturated heterocycles. The van der Waals surface area contributed by atoms with Gasteiger partial charge in [0, 0.05) is 6.42 Å². The average Bonchev–Trinajstić information content (AvgIpc) is 2.28. The van der Waals surface area contributed by atoms with E-state index < -0.39 is 5.82 Å².